The van der Waals surface area contributed by atoms with Crippen LogP contribution in [0.2, 0.25) is 0 Å². The predicted octanol–water partition coefficient (Wildman–Crippen LogP) is 3.36. The Bertz CT molecular complexity index is 1350. The van der Waals surface area contributed by atoms with Crippen molar-refractivity contribution in [1.29, 1.82) is 0 Å². The van der Waals surface area contributed by atoms with Crippen LogP contribution >= 0.6 is 0 Å². The Kier molecular flexibility index (Phi) is 5.26. The lowest BCUT2D eigenvalue weighted by Gasteiger charge is -2.27. The van der Waals surface area contributed by atoms with Gasteiger partial charge in [0.15, 0.2) is 17.2 Å². The van der Waals surface area contributed by atoms with E-state index in [0.717, 1.165) is 11.3 Å². The maximum Gasteiger partial charge on any atom is 0.287 e. The molecule has 0 bridgehead atoms. The molecule has 6 rings (SSSR count). The minimum atomic E-state index is -0.222. The quantitative estimate of drug-likeness (QED) is 0.473. The Morgan fingerprint density at radius 2 is 2.00 bits per heavy atom. The molecule has 0 radical (unpaired) electrons. The molecule has 0 unspecified atom stereocenters. The largest absolute Gasteiger partial charge is 0.445 e. The highest BCUT2D eigenvalue weighted by atomic mass is 16.5. The fourth-order valence-electron chi connectivity index (χ4n) is 4.15. The molecule has 0 spiro atoms. The van der Waals surface area contributed by atoms with Crippen molar-refractivity contribution < 1.29 is 13.9 Å². The van der Waals surface area contributed by atoms with Gasteiger partial charge in [0.2, 0.25) is 0 Å². The topological polar surface area (TPSA) is 98.3 Å². The van der Waals surface area contributed by atoms with Gasteiger partial charge in [-0.25, -0.2) is 9.67 Å². The van der Waals surface area contributed by atoms with E-state index >= 15 is 0 Å². The zero-order valence-corrected chi connectivity index (χ0v) is 19.0. The van der Waals surface area contributed by atoms with Crippen LogP contribution in [0.15, 0.2) is 47.0 Å². The molecule has 1 N–H and O–H groups in total. The number of aryl methyl sites for hydroxylation is 1. The van der Waals surface area contributed by atoms with Crippen molar-refractivity contribution >= 4 is 22.8 Å². The predicted molar refractivity (Wildman–Crippen MR) is 127 cm³/mol. The number of fused-ring (bicyclic) bond motifs is 1. The minimum Gasteiger partial charge on any atom is -0.445 e. The molecule has 4 aromatic rings. The van der Waals surface area contributed by atoms with Crippen LogP contribution in [0.1, 0.15) is 29.0 Å². The van der Waals surface area contributed by atoms with Gasteiger partial charge in [-0.1, -0.05) is 23.8 Å². The first kappa shape index (κ1) is 20.9. The first-order valence-electron chi connectivity index (χ1n) is 11.7. The van der Waals surface area contributed by atoms with Crippen molar-refractivity contribution in [2.75, 3.05) is 37.7 Å². The third-order valence-electron chi connectivity index (χ3n) is 6.23. The number of aromatic nitrogens is 4. The molecule has 1 aliphatic heterocycles. The highest BCUT2D eigenvalue weighted by Crippen LogP contribution is 2.30. The highest BCUT2D eigenvalue weighted by Gasteiger charge is 2.25. The number of furan rings is 1. The molecule has 34 heavy (non-hydrogen) atoms. The Hall–Kier alpha value is -3.72. The number of nitrogens with zero attached hydrogens (tertiary/aromatic N) is 5. The SMILES string of the molecule is Cc1cccc(-c2ccn(-c3nc(N4CCOCC4)c4oc(C(=O)NCC5CC5)cc4n3)n2)c1. The number of morpholine rings is 1. The lowest BCUT2D eigenvalue weighted by molar-refractivity contribution is 0.0926. The molecule has 1 saturated carbocycles. The molecule has 174 valence electrons. The van der Waals surface area contributed by atoms with E-state index in [1.807, 2.05) is 24.4 Å². The first-order chi connectivity index (χ1) is 16.6. The molecule has 9 nitrogen and oxygen atoms in total. The minimum absolute atomic E-state index is 0.222. The van der Waals surface area contributed by atoms with Gasteiger partial charge in [-0.2, -0.15) is 10.1 Å². The number of hydrogen-bond acceptors (Lipinski definition) is 7. The van der Waals surface area contributed by atoms with Crippen LogP contribution in [-0.4, -0.2) is 58.5 Å². The smallest absolute Gasteiger partial charge is 0.287 e. The summed E-state index contributed by atoms with van der Waals surface area (Å²) < 4.78 is 13.2. The Morgan fingerprint density at radius 3 is 2.79 bits per heavy atom. The summed E-state index contributed by atoms with van der Waals surface area (Å²) >= 11 is 0. The van der Waals surface area contributed by atoms with Crippen molar-refractivity contribution in [2.45, 2.75) is 19.8 Å². The second-order valence-corrected chi connectivity index (χ2v) is 8.94. The normalized spacial score (nSPS) is 16.2. The van der Waals surface area contributed by atoms with Gasteiger partial charge in [-0.05, 0) is 37.8 Å². The van der Waals surface area contributed by atoms with E-state index in [1.54, 1.807) is 10.7 Å². The number of carbonyl (C=O) groups is 1. The summed E-state index contributed by atoms with van der Waals surface area (Å²) in [6.07, 6.45) is 4.20. The Morgan fingerprint density at radius 1 is 1.15 bits per heavy atom. The molecule has 1 aromatic carbocycles. The van der Waals surface area contributed by atoms with Crippen molar-refractivity contribution in [3.63, 3.8) is 0 Å². The van der Waals surface area contributed by atoms with Gasteiger partial charge in [0.25, 0.3) is 11.9 Å². The van der Waals surface area contributed by atoms with E-state index in [2.05, 4.69) is 29.3 Å². The van der Waals surface area contributed by atoms with Crippen LogP contribution in [0, 0.1) is 12.8 Å². The van der Waals surface area contributed by atoms with E-state index in [-0.39, 0.29) is 11.7 Å². The third-order valence-corrected chi connectivity index (χ3v) is 6.23. The number of anilines is 1. The summed E-state index contributed by atoms with van der Waals surface area (Å²) in [6, 6.07) is 11.8. The van der Waals surface area contributed by atoms with Gasteiger partial charge in [-0.3, -0.25) is 4.79 Å². The van der Waals surface area contributed by atoms with E-state index < -0.39 is 0 Å². The second-order valence-electron chi connectivity index (χ2n) is 8.94. The fraction of sp³-hybridized carbons (Fsp3) is 0.360. The number of benzene rings is 1. The molecule has 1 saturated heterocycles. The second kappa shape index (κ2) is 8.57. The van der Waals surface area contributed by atoms with E-state index in [9.17, 15) is 4.79 Å². The maximum atomic E-state index is 12.7. The maximum absolute atomic E-state index is 12.7. The molecule has 9 heteroatoms. The summed E-state index contributed by atoms with van der Waals surface area (Å²) in [5, 5.41) is 7.68. The summed E-state index contributed by atoms with van der Waals surface area (Å²) in [6.45, 7) is 5.32. The lowest BCUT2D eigenvalue weighted by atomic mass is 10.1. The average molecular weight is 459 g/mol. The van der Waals surface area contributed by atoms with Crippen LogP contribution in [0.5, 0.6) is 0 Å². The van der Waals surface area contributed by atoms with Crippen molar-refractivity contribution in [3.05, 3.63) is 53.9 Å². The number of amides is 1. The molecular formula is C25H26N6O3. The summed E-state index contributed by atoms with van der Waals surface area (Å²) in [5.41, 5.74) is 4.13. The number of ether oxygens (including phenoxy) is 1. The zero-order chi connectivity index (χ0) is 23.1. The monoisotopic (exact) mass is 458 g/mol. The summed E-state index contributed by atoms with van der Waals surface area (Å²) in [4.78, 5) is 24.3. The number of hydrogen-bond donors (Lipinski definition) is 1. The van der Waals surface area contributed by atoms with Crippen molar-refractivity contribution in [3.8, 4) is 17.2 Å². The standard InChI is InChI=1S/C25H26N6O3/c1-16-3-2-4-18(13-16)19-7-8-31(29-19)25-27-20-14-21(24(32)26-15-17-5-6-17)34-22(20)23(28-25)30-9-11-33-12-10-30/h2-4,7-8,13-14,17H,5-6,9-12,15H2,1H3,(H,26,32). The average Bonchev–Trinajstić information content (AvgIpc) is 3.37. The van der Waals surface area contributed by atoms with Gasteiger partial charge < -0.3 is 19.4 Å². The molecule has 4 heterocycles. The summed E-state index contributed by atoms with van der Waals surface area (Å²) in [7, 11) is 0. The molecule has 1 aliphatic carbocycles. The Balaban J connectivity index is 1.38. The van der Waals surface area contributed by atoms with Gasteiger partial charge in [0.1, 0.15) is 5.52 Å². The lowest BCUT2D eigenvalue weighted by Crippen LogP contribution is -2.37. The molecule has 2 aliphatic rings. The van der Waals surface area contributed by atoms with Crippen LogP contribution in [0.4, 0.5) is 5.82 Å². The highest BCUT2D eigenvalue weighted by molar-refractivity contribution is 5.97. The molecule has 0 atom stereocenters. The van der Waals surface area contributed by atoms with E-state index in [0.29, 0.717) is 61.6 Å². The summed E-state index contributed by atoms with van der Waals surface area (Å²) in [5.74, 6) is 1.69. The molecule has 1 amide bonds. The third kappa shape index (κ3) is 4.14. The van der Waals surface area contributed by atoms with Gasteiger partial charge in [0.05, 0.1) is 18.9 Å². The Labute approximate surface area is 196 Å². The fourth-order valence-corrected chi connectivity index (χ4v) is 4.15. The van der Waals surface area contributed by atoms with Gasteiger partial charge >= 0.3 is 0 Å². The van der Waals surface area contributed by atoms with Crippen LogP contribution in [0.3, 0.4) is 0 Å². The number of carbonyl (C=O) groups excluding carboxylic acids is 1. The van der Waals surface area contributed by atoms with Crippen LogP contribution in [-0.2, 0) is 4.74 Å². The number of nitrogens with one attached hydrogen (secondary N) is 1. The van der Waals surface area contributed by atoms with E-state index in [1.165, 1.54) is 18.4 Å². The first-order valence-corrected chi connectivity index (χ1v) is 11.7. The molecule has 3 aromatic heterocycles. The van der Waals surface area contributed by atoms with E-state index in [4.69, 9.17) is 24.2 Å². The molecular weight excluding hydrogens is 432 g/mol. The van der Waals surface area contributed by atoms with Crippen molar-refractivity contribution in [2.24, 2.45) is 5.92 Å². The van der Waals surface area contributed by atoms with Crippen LogP contribution < -0.4 is 10.2 Å². The zero-order valence-electron chi connectivity index (χ0n) is 19.0. The molecule has 2 fully saturated rings. The van der Waals surface area contributed by atoms with Crippen LogP contribution in [0.25, 0.3) is 28.3 Å². The van der Waals surface area contributed by atoms with Gasteiger partial charge in [0, 0.05) is 37.5 Å². The van der Waals surface area contributed by atoms with Crippen molar-refractivity contribution in [1.82, 2.24) is 25.1 Å². The van der Waals surface area contributed by atoms with Gasteiger partial charge in [-0.15, -0.1) is 0 Å². The number of rotatable bonds is 6.